The molecule has 2 aromatic rings. The van der Waals surface area contributed by atoms with E-state index in [-0.39, 0.29) is 0 Å². The quantitative estimate of drug-likeness (QED) is 0.775. The van der Waals surface area contributed by atoms with Crippen LogP contribution in [0.1, 0.15) is 37.3 Å². The molecule has 1 aliphatic rings. The minimum atomic E-state index is 0.662. The van der Waals surface area contributed by atoms with Gasteiger partial charge in [0.05, 0.1) is 5.69 Å². The first-order chi connectivity index (χ1) is 8.75. The number of H-pyrrole nitrogens is 1. The molecule has 0 amide bonds. The van der Waals surface area contributed by atoms with E-state index in [9.17, 15) is 0 Å². The van der Waals surface area contributed by atoms with Crippen molar-refractivity contribution in [3.05, 3.63) is 45.1 Å². The van der Waals surface area contributed by atoms with Crippen LogP contribution in [0.15, 0.2) is 34.8 Å². The van der Waals surface area contributed by atoms with Gasteiger partial charge >= 0.3 is 0 Å². The largest absolute Gasteiger partial charge is 0.297 e. The molecule has 4 heteroatoms. The Morgan fingerprint density at radius 1 is 1.22 bits per heavy atom. The van der Waals surface area contributed by atoms with Crippen molar-refractivity contribution in [3.63, 3.8) is 0 Å². The highest BCUT2D eigenvalue weighted by Crippen LogP contribution is 2.33. The zero-order valence-corrected chi connectivity index (χ0v) is 12.4. The highest BCUT2D eigenvalue weighted by atomic mass is 79.9. The van der Waals surface area contributed by atoms with Gasteiger partial charge in [0.2, 0.25) is 0 Å². The molecule has 94 valence electrons. The molecule has 1 heterocycles. The molecule has 0 atom stereocenters. The minimum Gasteiger partial charge on any atom is -0.297 e. The van der Waals surface area contributed by atoms with Crippen molar-refractivity contribution >= 4 is 28.1 Å². The number of aromatic amines is 1. The molecule has 1 aliphatic carbocycles. The lowest BCUT2D eigenvalue weighted by atomic mass is 10.1. The van der Waals surface area contributed by atoms with Gasteiger partial charge in [0, 0.05) is 16.1 Å². The fourth-order valence-electron chi connectivity index (χ4n) is 2.67. The SMILES string of the molecule is S=c1cc(C2CCCC2)[nH]n1-c1ccccc1Br. The minimum absolute atomic E-state index is 0.662. The summed E-state index contributed by atoms with van der Waals surface area (Å²) in [5.41, 5.74) is 2.36. The van der Waals surface area contributed by atoms with E-state index in [2.05, 4.69) is 33.2 Å². The highest BCUT2D eigenvalue weighted by Gasteiger charge is 2.19. The number of nitrogens with one attached hydrogen (secondary N) is 1. The Morgan fingerprint density at radius 3 is 2.67 bits per heavy atom. The number of para-hydroxylation sites is 1. The zero-order chi connectivity index (χ0) is 12.5. The lowest BCUT2D eigenvalue weighted by molar-refractivity contribution is 0.677. The second-order valence-electron chi connectivity index (χ2n) is 4.82. The van der Waals surface area contributed by atoms with Crippen LogP contribution in [0.2, 0.25) is 0 Å². The summed E-state index contributed by atoms with van der Waals surface area (Å²) in [6.45, 7) is 0. The molecule has 0 unspecified atom stereocenters. The molecule has 0 spiro atoms. The van der Waals surface area contributed by atoms with E-state index in [1.165, 1.54) is 31.4 Å². The van der Waals surface area contributed by atoms with Crippen LogP contribution >= 0.6 is 28.1 Å². The molecule has 0 radical (unpaired) electrons. The maximum atomic E-state index is 5.46. The van der Waals surface area contributed by atoms with Gasteiger partial charge in [-0.1, -0.05) is 37.2 Å². The lowest BCUT2D eigenvalue weighted by Gasteiger charge is -2.08. The molecular formula is C14H15BrN2S. The molecule has 0 aliphatic heterocycles. The first-order valence-corrected chi connectivity index (χ1v) is 7.53. The van der Waals surface area contributed by atoms with E-state index < -0.39 is 0 Å². The molecule has 1 N–H and O–H groups in total. The third kappa shape index (κ3) is 2.19. The van der Waals surface area contributed by atoms with Crippen LogP contribution in [0.5, 0.6) is 0 Å². The maximum Gasteiger partial charge on any atom is 0.128 e. The predicted molar refractivity (Wildman–Crippen MR) is 79.9 cm³/mol. The molecule has 1 fully saturated rings. The third-order valence-corrected chi connectivity index (χ3v) is 4.60. The monoisotopic (exact) mass is 322 g/mol. The van der Waals surface area contributed by atoms with Crippen molar-refractivity contribution in [1.82, 2.24) is 9.78 Å². The molecule has 2 nitrogen and oxygen atoms in total. The average Bonchev–Trinajstić information content (AvgIpc) is 2.99. The van der Waals surface area contributed by atoms with Crippen LogP contribution < -0.4 is 0 Å². The Bertz CT molecular complexity index is 608. The Labute approximate surface area is 120 Å². The van der Waals surface area contributed by atoms with Crippen LogP contribution in [-0.4, -0.2) is 9.78 Å². The van der Waals surface area contributed by atoms with Gasteiger partial charge in [-0.05, 0) is 47.0 Å². The van der Waals surface area contributed by atoms with E-state index >= 15 is 0 Å². The fraction of sp³-hybridized carbons (Fsp3) is 0.357. The van der Waals surface area contributed by atoms with Gasteiger partial charge in [-0.3, -0.25) is 5.10 Å². The van der Waals surface area contributed by atoms with Crippen LogP contribution in [-0.2, 0) is 0 Å². The number of benzene rings is 1. The predicted octanol–water partition coefficient (Wildman–Crippen LogP) is 4.95. The molecule has 3 rings (SSSR count). The third-order valence-electron chi connectivity index (χ3n) is 3.63. The summed E-state index contributed by atoms with van der Waals surface area (Å²) in [5.74, 6) is 0.662. The van der Waals surface area contributed by atoms with Gasteiger partial charge < -0.3 is 0 Å². The first kappa shape index (κ1) is 12.2. The van der Waals surface area contributed by atoms with Crippen molar-refractivity contribution in [3.8, 4) is 5.69 Å². The number of nitrogens with zero attached hydrogens (tertiary/aromatic N) is 1. The van der Waals surface area contributed by atoms with Gasteiger partial charge in [-0.25, -0.2) is 4.68 Å². The standard InChI is InChI=1S/C14H15BrN2S/c15-11-7-3-4-8-13(11)17-14(18)9-12(16-17)10-5-1-2-6-10/h3-4,7-10,16H,1-2,5-6H2. The normalized spacial score (nSPS) is 16.3. The number of hydrogen-bond donors (Lipinski definition) is 1. The Kier molecular flexibility index (Phi) is 3.39. The van der Waals surface area contributed by atoms with Gasteiger partial charge in [0.25, 0.3) is 0 Å². The van der Waals surface area contributed by atoms with Crippen LogP contribution in [0.4, 0.5) is 0 Å². The van der Waals surface area contributed by atoms with Gasteiger partial charge in [-0.2, -0.15) is 0 Å². The topological polar surface area (TPSA) is 20.7 Å². The molecule has 1 aromatic heterocycles. The maximum absolute atomic E-state index is 5.46. The molecule has 1 saturated carbocycles. The van der Waals surface area contributed by atoms with Crippen molar-refractivity contribution < 1.29 is 0 Å². The first-order valence-electron chi connectivity index (χ1n) is 6.32. The summed E-state index contributed by atoms with van der Waals surface area (Å²) >= 11 is 9.03. The van der Waals surface area contributed by atoms with Crippen LogP contribution in [0, 0.1) is 4.64 Å². The van der Waals surface area contributed by atoms with Gasteiger partial charge in [-0.15, -0.1) is 0 Å². The molecule has 18 heavy (non-hydrogen) atoms. The van der Waals surface area contributed by atoms with E-state index in [1.807, 2.05) is 22.9 Å². The van der Waals surface area contributed by atoms with Crippen molar-refractivity contribution in [2.45, 2.75) is 31.6 Å². The van der Waals surface area contributed by atoms with Gasteiger partial charge in [0.15, 0.2) is 0 Å². The second-order valence-corrected chi connectivity index (χ2v) is 6.09. The Hall–Kier alpha value is -0.870. The molecule has 1 aromatic carbocycles. The summed E-state index contributed by atoms with van der Waals surface area (Å²) in [7, 11) is 0. The average molecular weight is 323 g/mol. The van der Waals surface area contributed by atoms with E-state index in [0.29, 0.717) is 5.92 Å². The fourth-order valence-corrected chi connectivity index (χ4v) is 3.41. The zero-order valence-electron chi connectivity index (χ0n) is 10.0. The van der Waals surface area contributed by atoms with E-state index in [1.54, 1.807) is 0 Å². The van der Waals surface area contributed by atoms with E-state index in [4.69, 9.17) is 12.2 Å². The number of halogens is 1. The van der Waals surface area contributed by atoms with Gasteiger partial charge in [0.1, 0.15) is 4.64 Å². The van der Waals surface area contributed by atoms with Crippen LogP contribution in [0.3, 0.4) is 0 Å². The van der Waals surface area contributed by atoms with Crippen molar-refractivity contribution in [2.24, 2.45) is 0 Å². The second kappa shape index (κ2) is 5.02. The Balaban J connectivity index is 2.03. The summed E-state index contributed by atoms with van der Waals surface area (Å²) < 4.78 is 3.90. The summed E-state index contributed by atoms with van der Waals surface area (Å²) in [6.07, 6.45) is 5.24. The smallest absolute Gasteiger partial charge is 0.128 e. The van der Waals surface area contributed by atoms with Crippen molar-refractivity contribution in [2.75, 3.05) is 0 Å². The molecular weight excluding hydrogens is 308 g/mol. The number of hydrogen-bond acceptors (Lipinski definition) is 1. The summed E-state index contributed by atoms with van der Waals surface area (Å²) in [5, 5.41) is 3.46. The summed E-state index contributed by atoms with van der Waals surface area (Å²) in [6, 6.07) is 10.3. The number of aromatic nitrogens is 2. The highest BCUT2D eigenvalue weighted by molar-refractivity contribution is 9.10. The van der Waals surface area contributed by atoms with E-state index in [0.717, 1.165) is 14.8 Å². The Morgan fingerprint density at radius 2 is 1.94 bits per heavy atom. The number of rotatable bonds is 2. The molecule has 0 saturated heterocycles. The van der Waals surface area contributed by atoms with Crippen molar-refractivity contribution in [1.29, 1.82) is 0 Å². The molecule has 0 bridgehead atoms. The summed E-state index contributed by atoms with van der Waals surface area (Å²) in [4.78, 5) is 0. The lowest BCUT2D eigenvalue weighted by Crippen LogP contribution is -2.00. The van der Waals surface area contributed by atoms with Crippen LogP contribution in [0.25, 0.3) is 5.69 Å².